The molecule has 1 aliphatic carbocycles. The summed E-state index contributed by atoms with van der Waals surface area (Å²) in [7, 11) is 3.67. The first-order valence-corrected chi connectivity index (χ1v) is 9.72. The van der Waals surface area contributed by atoms with E-state index >= 15 is 0 Å². The van der Waals surface area contributed by atoms with Crippen LogP contribution in [0.3, 0.4) is 0 Å². The molecule has 8 nitrogen and oxygen atoms in total. The van der Waals surface area contributed by atoms with Crippen LogP contribution in [0.1, 0.15) is 28.2 Å². The highest BCUT2D eigenvalue weighted by atomic mass is 16.5. The summed E-state index contributed by atoms with van der Waals surface area (Å²) in [5.41, 5.74) is 10.4. The summed E-state index contributed by atoms with van der Waals surface area (Å²) in [5.74, 6) is 0.313. The summed E-state index contributed by atoms with van der Waals surface area (Å²) in [6.45, 7) is 1.21. The molecule has 0 atom stereocenters. The number of dihydropyridines is 1. The van der Waals surface area contributed by atoms with E-state index in [9.17, 15) is 9.59 Å². The number of nitrogens with one attached hydrogen (secondary N) is 3. The number of amides is 1. The predicted molar refractivity (Wildman–Crippen MR) is 114 cm³/mol. The summed E-state index contributed by atoms with van der Waals surface area (Å²) < 4.78 is 5.40. The lowest BCUT2D eigenvalue weighted by molar-refractivity contribution is -0.120. The van der Waals surface area contributed by atoms with Crippen LogP contribution in [0.4, 0.5) is 5.69 Å². The zero-order valence-electron chi connectivity index (χ0n) is 17.0. The number of H-pyrrole nitrogens is 1. The topological polar surface area (TPSA) is 98.8 Å². The third kappa shape index (κ3) is 4.27. The normalized spacial score (nSPS) is 17.4. The third-order valence-electron chi connectivity index (χ3n) is 4.77. The van der Waals surface area contributed by atoms with Crippen molar-refractivity contribution in [1.29, 1.82) is 0 Å². The third-order valence-corrected chi connectivity index (χ3v) is 4.77. The average Bonchev–Trinajstić information content (AvgIpc) is 3.08. The van der Waals surface area contributed by atoms with Gasteiger partial charge in [0.25, 0.3) is 0 Å². The van der Waals surface area contributed by atoms with Gasteiger partial charge in [-0.05, 0) is 50.0 Å². The molecule has 0 aromatic carbocycles. The van der Waals surface area contributed by atoms with Gasteiger partial charge in [-0.1, -0.05) is 11.8 Å². The Labute approximate surface area is 174 Å². The van der Waals surface area contributed by atoms with Gasteiger partial charge >= 0.3 is 0 Å². The number of hydrogen-bond donors (Lipinski definition) is 3. The predicted octanol–water partition coefficient (Wildman–Crippen LogP) is 1.77. The molecule has 8 heteroatoms. The van der Waals surface area contributed by atoms with Gasteiger partial charge in [-0.25, -0.2) is 0 Å². The first-order valence-electron chi connectivity index (χ1n) is 9.72. The second-order valence-electron chi connectivity index (χ2n) is 7.45. The first-order chi connectivity index (χ1) is 14.5. The standard InChI is InChI=1S/C22H23N5O3/c1-27(2)11-19(29)26-18-10-14(8-9-23-18)21-22(24-15-6-4-3-5-7-15)20-16(25-21)12-30-13-17(20)28/h3-4,6,10,24-25H,8-9,11-13H2,1-2H3,(H,23,26,29). The minimum atomic E-state index is -0.127. The quantitative estimate of drug-likeness (QED) is 0.649. The fourth-order valence-electron chi connectivity index (χ4n) is 3.53. The molecule has 0 saturated heterocycles. The van der Waals surface area contributed by atoms with Gasteiger partial charge < -0.3 is 25.3 Å². The smallest absolute Gasteiger partial charge is 0.239 e. The zero-order valence-corrected chi connectivity index (χ0v) is 17.0. The largest absolute Gasteiger partial charge is 0.367 e. The van der Waals surface area contributed by atoms with Gasteiger partial charge in [-0.2, -0.15) is 0 Å². The molecule has 1 aromatic rings. The number of rotatable bonds is 5. The van der Waals surface area contributed by atoms with Gasteiger partial charge in [-0.15, -0.1) is 0 Å². The molecule has 0 unspecified atom stereocenters. The van der Waals surface area contributed by atoms with E-state index < -0.39 is 0 Å². The van der Waals surface area contributed by atoms with E-state index in [1.165, 1.54) is 0 Å². The van der Waals surface area contributed by atoms with Gasteiger partial charge in [0.15, 0.2) is 5.78 Å². The van der Waals surface area contributed by atoms with Crippen molar-refractivity contribution in [3.63, 3.8) is 0 Å². The number of amidine groups is 1. The molecular weight excluding hydrogens is 382 g/mol. The van der Waals surface area contributed by atoms with Crippen molar-refractivity contribution < 1.29 is 14.3 Å². The number of fused-ring (bicyclic) bond motifs is 1. The first kappa shape index (κ1) is 19.9. The molecule has 0 fully saturated rings. The minimum Gasteiger partial charge on any atom is -0.367 e. The van der Waals surface area contributed by atoms with E-state index in [0.29, 0.717) is 42.4 Å². The highest BCUT2D eigenvalue weighted by Gasteiger charge is 2.29. The van der Waals surface area contributed by atoms with Gasteiger partial charge in [0.2, 0.25) is 5.91 Å². The number of carbonyl (C=O) groups excluding carboxylic acids is 2. The number of aromatic nitrogens is 1. The van der Waals surface area contributed by atoms with Crippen LogP contribution in [0.2, 0.25) is 0 Å². The Hall–Kier alpha value is -3.41. The van der Waals surface area contributed by atoms with E-state index in [2.05, 4.69) is 32.1 Å². The van der Waals surface area contributed by atoms with Crippen LogP contribution < -0.4 is 10.6 Å². The van der Waals surface area contributed by atoms with E-state index in [-0.39, 0.29) is 24.8 Å². The Bertz CT molecular complexity index is 1090. The highest BCUT2D eigenvalue weighted by Crippen LogP contribution is 2.36. The van der Waals surface area contributed by atoms with Crippen LogP contribution in [-0.4, -0.2) is 61.2 Å². The van der Waals surface area contributed by atoms with Crippen molar-refractivity contribution in [1.82, 2.24) is 15.2 Å². The molecule has 1 aromatic heterocycles. The fraction of sp³-hybridized carbons (Fsp3) is 0.318. The lowest BCUT2D eigenvalue weighted by Crippen LogP contribution is -2.37. The number of Topliss-reactive ketones (excluding diaryl/α,β-unsaturated/α-hetero) is 1. The van der Waals surface area contributed by atoms with Crippen LogP contribution in [0.25, 0.3) is 5.57 Å². The zero-order chi connectivity index (χ0) is 21.1. The van der Waals surface area contributed by atoms with Gasteiger partial charge in [0, 0.05) is 6.54 Å². The molecule has 3 N–H and O–H groups in total. The molecular formula is C22H23N5O3. The van der Waals surface area contributed by atoms with Crippen molar-refractivity contribution in [3.8, 4) is 0 Å². The molecule has 0 saturated carbocycles. The molecule has 30 heavy (non-hydrogen) atoms. The number of ether oxygens (including phenoxy) is 1. The van der Waals surface area contributed by atoms with Crippen molar-refractivity contribution in [2.75, 3.05) is 39.1 Å². The number of aromatic amines is 1. The maximum atomic E-state index is 12.6. The van der Waals surface area contributed by atoms with Gasteiger partial charge in [0.1, 0.15) is 12.4 Å². The van der Waals surface area contributed by atoms with E-state index in [1.54, 1.807) is 11.0 Å². The Balaban J connectivity index is 1.69. The summed E-state index contributed by atoms with van der Waals surface area (Å²) in [5, 5.41) is 6.17. The number of carbonyl (C=O) groups is 2. The number of ketones is 1. The summed E-state index contributed by atoms with van der Waals surface area (Å²) in [6.07, 6.45) is 8.02. The average molecular weight is 405 g/mol. The van der Waals surface area contributed by atoms with Crippen molar-refractivity contribution in [2.24, 2.45) is 4.99 Å². The lowest BCUT2D eigenvalue weighted by Gasteiger charge is -2.17. The molecule has 2 aliphatic heterocycles. The summed E-state index contributed by atoms with van der Waals surface area (Å²) in [6, 6.07) is 0. The number of nitrogens with zero attached hydrogens (tertiary/aromatic N) is 2. The number of allylic oxidation sites excluding steroid dienone is 3. The van der Waals surface area contributed by atoms with E-state index in [0.717, 1.165) is 17.0 Å². The minimum absolute atomic E-state index is 0.0515. The summed E-state index contributed by atoms with van der Waals surface area (Å²) in [4.78, 5) is 34.3. The number of anilines is 1. The molecule has 4 rings (SSSR count). The van der Waals surface area contributed by atoms with Crippen LogP contribution in [0, 0.1) is 0 Å². The van der Waals surface area contributed by atoms with E-state index in [4.69, 9.17) is 4.74 Å². The molecule has 3 aliphatic rings. The Morgan fingerprint density at radius 3 is 3.00 bits per heavy atom. The maximum Gasteiger partial charge on any atom is 0.239 e. The van der Waals surface area contributed by atoms with Crippen molar-refractivity contribution >= 4 is 28.8 Å². The molecule has 154 valence electrons. The highest BCUT2D eigenvalue weighted by molar-refractivity contribution is 6.11. The van der Waals surface area contributed by atoms with Crippen LogP contribution in [0.5, 0.6) is 0 Å². The molecule has 1 amide bonds. The Morgan fingerprint density at radius 1 is 1.37 bits per heavy atom. The van der Waals surface area contributed by atoms with Gasteiger partial charge in [0.05, 0.1) is 41.5 Å². The molecule has 3 heterocycles. The Kier molecular flexibility index (Phi) is 5.65. The van der Waals surface area contributed by atoms with Crippen molar-refractivity contribution in [2.45, 2.75) is 13.0 Å². The van der Waals surface area contributed by atoms with E-state index in [1.807, 2.05) is 32.3 Å². The van der Waals surface area contributed by atoms with Crippen molar-refractivity contribution in [3.05, 3.63) is 58.4 Å². The number of likely N-dealkylation sites (N-methyl/N-ethyl adjacent to an activating group) is 1. The second-order valence-corrected chi connectivity index (χ2v) is 7.45. The fourth-order valence-corrected chi connectivity index (χ4v) is 3.53. The van der Waals surface area contributed by atoms with Crippen LogP contribution >= 0.6 is 0 Å². The molecule has 0 spiro atoms. The molecule has 0 radical (unpaired) electrons. The monoisotopic (exact) mass is 405 g/mol. The summed E-state index contributed by atoms with van der Waals surface area (Å²) >= 11 is 0. The van der Waals surface area contributed by atoms with Gasteiger partial charge in [-0.3, -0.25) is 14.6 Å². The molecule has 0 bridgehead atoms. The second kappa shape index (κ2) is 8.53. The van der Waals surface area contributed by atoms with Crippen LogP contribution in [-0.2, 0) is 16.1 Å². The Morgan fingerprint density at radius 2 is 2.23 bits per heavy atom. The SMILES string of the molecule is CN(C)CC(=O)NC1=NCCC(c2[nH]c3c(c2NC2=C=C=CC=C2)C(=O)COC3)=C1. The number of aliphatic imine (C=N–C) groups is 1. The lowest BCUT2D eigenvalue weighted by atomic mass is 10.0. The van der Waals surface area contributed by atoms with Crippen LogP contribution in [0.15, 0.2) is 46.5 Å². The maximum absolute atomic E-state index is 12.6. The number of hydrogen-bond acceptors (Lipinski definition) is 6.